The van der Waals surface area contributed by atoms with Gasteiger partial charge in [-0.2, -0.15) is 0 Å². The second-order valence-electron chi connectivity index (χ2n) is 8.04. The van der Waals surface area contributed by atoms with E-state index in [9.17, 15) is 29.1 Å². The molecule has 14 N–H and O–H groups in total. The number of carbonyl (C=O) groups is 5. The van der Waals surface area contributed by atoms with Crippen molar-refractivity contribution < 1.29 is 29.1 Å². The Morgan fingerprint density at radius 2 is 1.43 bits per heavy atom. The highest BCUT2D eigenvalue weighted by Crippen LogP contribution is 2.05. The summed E-state index contributed by atoms with van der Waals surface area (Å²) >= 11 is 0. The zero-order valence-corrected chi connectivity index (χ0v) is 20.0. The summed E-state index contributed by atoms with van der Waals surface area (Å²) in [5.41, 5.74) is 26.7. The standard InChI is InChI=1S/C20H39N9O6/c1-11(27-17(32)12(22)7-8-15(23)30)16(31)28-13(6-4-10-26-20(24)25)18(33)29-14(19(34)35)5-2-3-9-21/h11-14H,2-10,21-22H2,1H3,(H2,23,30)(H,27,32)(H,28,31)(H,29,33)(H,34,35)(H4,24,25,26). The third-order valence-corrected chi connectivity index (χ3v) is 4.93. The maximum absolute atomic E-state index is 12.8. The Morgan fingerprint density at radius 1 is 0.829 bits per heavy atom. The minimum atomic E-state index is -1.22. The fourth-order valence-corrected chi connectivity index (χ4v) is 2.91. The summed E-state index contributed by atoms with van der Waals surface area (Å²) in [5, 5.41) is 16.7. The van der Waals surface area contributed by atoms with Gasteiger partial charge in [-0.25, -0.2) is 4.79 Å². The number of carboxylic acids is 1. The molecule has 0 heterocycles. The van der Waals surface area contributed by atoms with Gasteiger partial charge >= 0.3 is 5.97 Å². The molecule has 0 aliphatic heterocycles. The minimum absolute atomic E-state index is 0.00601. The van der Waals surface area contributed by atoms with Gasteiger partial charge in [0.15, 0.2) is 5.96 Å². The van der Waals surface area contributed by atoms with Gasteiger partial charge in [0, 0.05) is 13.0 Å². The molecule has 0 aliphatic carbocycles. The Bertz CT molecular complexity index is 757. The van der Waals surface area contributed by atoms with Crippen LogP contribution in [0.5, 0.6) is 0 Å². The highest BCUT2D eigenvalue weighted by atomic mass is 16.4. The van der Waals surface area contributed by atoms with E-state index in [1.54, 1.807) is 0 Å². The van der Waals surface area contributed by atoms with Gasteiger partial charge in [0.1, 0.15) is 18.1 Å². The molecule has 0 aromatic heterocycles. The number of nitrogens with two attached hydrogens (primary N) is 5. The SMILES string of the molecule is CC(NC(=O)C(N)CCC(N)=O)C(=O)NC(CCCN=C(N)N)C(=O)NC(CCCCN)C(=O)O. The smallest absolute Gasteiger partial charge is 0.326 e. The van der Waals surface area contributed by atoms with Crippen LogP contribution in [0.25, 0.3) is 0 Å². The monoisotopic (exact) mass is 501 g/mol. The van der Waals surface area contributed by atoms with E-state index in [1.165, 1.54) is 6.92 Å². The van der Waals surface area contributed by atoms with Crippen molar-refractivity contribution in [2.45, 2.75) is 76.0 Å². The Balaban J connectivity index is 5.20. The van der Waals surface area contributed by atoms with E-state index in [-0.39, 0.29) is 38.2 Å². The molecule has 0 radical (unpaired) electrons. The number of guanidine groups is 1. The molecule has 0 spiro atoms. The van der Waals surface area contributed by atoms with Crippen LogP contribution in [0.15, 0.2) is 4.99 Å². The lowest BCUT2D eigenvalue weighted by atomic mass is 10.1. The first-order valence-corrected chi connectivity index (χ1v) is 11.3. The molecule has 0 fully saturated rings. The van der Waals surface area contributed by atoms with Gasteiger partial charge in [-0.05, 0) is 52.0 Å². The number of hydrogen-bond acceptors (Lipinski definition) is 8. The molecule has 0 saturated carbocycles. The molecular formula is C20H39N9O6. The summed E-state index contributed by atoms with van der Waals surface area (Å²) in [6, 6.07) is -4.40. The number of aliphatic imine (C=N–C) groups is 1. The molecular weight excluding hydrogens is 462 g/mol. The third-order valence-electron chi connectivity index (χ3n) is 4.93. The average molecular weight is 502 g/mol. The number of aliphatic carboxylic acids is 1. The van der Waals surface area contributed by atoms with Crippen molar-refractivity contribution in [2.24, 2.45) is 33.7 Å². The normalized spacial score (nSPS) is 14.0. The van der Waals surface area contributed by atoms with Crippen molar-refractivity contribution in [1.29, 1.82) is 0 Å². The van der Waals surface area contributed by atoms with Crippen molar-refractivity contribution in [3.63, 3.8) is 0 Å². The first-order chi connectivity index (χ1) is 16.4. The topological polar surface area (TPSA) is 284 Å². The number of hydrogen-bond donors (Lipinski definition) is 9. The zero-order valence-electron chi connectivity index (χ0n) is 20.0. The Kier molecular flexibility index (Phi) is 15.4. The molecule has 4 atom stereocenters. The predicted octanol–water partition coefficient (Wildman–Crippen LogP) is -3.68. The number of carboxylic acid groups (broad SMARTS) is 1. The quantitative estimate of drug-likeness (QED) is 0.0503. The van der Waals surface area contributed by atoms with Crippen LogP contribution in [0.4, 0.5) is 0 Å². The van der Waals surface area contributed by atoms with E-state index in [1.807, 2.05) is 0 Å². The molecule has 4 unspecified atom stereocenters. The molecule has 0 rings (SSSR count). The molecule has 0 aromatic carbocycles. The van der Waals surface area contributed by atoms with Crippen LogP contribution in [0.3, 0.4) is 0 Å². The number of rotatable bonds is 18. The van der Waals surface area contributed by atoms with E-state index in [4.69, 9.17) is 28.7 Å². The summed E-state index contributed by atoms with van der Waals surface area (Å²) in [4.78, 5) is 63.8. The zero-order chi connectivity index (χ0) is 27.0. The second-order valence-corrected chi connectivity index (χ2v) is 8.04. The molecule has 0 aliphatic rings. The van der Waals surface area contributed by atoms with E-state index in [2.05, 4.69) is 20.9 Å². The van der Waals surface area contributed by atoms with E-state index >= 15 is 0 Å². The largest absolute Gasteiger partial charge is 0.480 e. The highest BCUT2D eigenvalue weighted by molar-refractivity contribution is 5.94. The average Bonchev–Trinajstić information content (AvgIpc) is 2.77. The van der Waals surface area contributed by atoms with Crippen LogP contribution < -0.4 is 44.6 Å². The Morgan fingerprint density at radius 3 is 1.97 bits per heavy atom. The first-order valence-electron chi connectivity index (χ1n) is 11.3. The Hall–Kier alpha value is -3.46. The van der Waals surface area contributed by atoms with Crippen LogP contribution in [0.2, 0.25) is 0 Å². The van der Waals surface area contributed by atoms with Crippen molar-refractivity contribution in [3.8, 4) is 0 Å². The molecule has 0 saturated heterocycles. The first kappa shape index (κ1) is 31.5. The van der Waals surface area contributed by atoms with Crippen molar-refractivity contribution >= 4 is 35.6 Å². The molecule has 200 valence electrons. The lowest BCUT2D eigenvalue weighted by Gasteiger charge is -2.23. The summed E-state index contributed by atoms with van der Waals surface area (Å²) in [6.07, 6.45) is 1.57. The number of carbonyl (C=O) groups excluding carboxylic acids is 4. The molecule has 0 bridgehead atoms. The molecule has 15 nitrogen and oxygen atoms in total. The number of nitrogens with zero attached hydrogens (tertiary/aromatic N) is 1. The van der Waals surface area contributed by atoms with E-state index in [0.717, 1.165) is 0 Å². The minimum Gasteiger partial charge on any atom is -0.480 e. The van der Waals surface area contributed by atoms with Gasteiger partial charge in [-0.15, -0.1) is 0 Å². The lowest BCUT2D eigenvalue weighted by Crippen LogP contribution is -2.56. The van der Waals surface area contributed by atoms with E-state index in [0.29, 0.717) is 25.8 Å². The molecule has 4 amide bonds. The number of primary amides is 1. The maximum atomic E-state index is 12.8. The van der Waals surface area contributed by atoms with Crippen molar-refractivity contribution in [3.05, 3.63) is 0 Å². The highest BCUT2D eigenvalue weighted by Gasteiger charge is 2.28. The third kappa shape index (κ3) is 14.4. The molecule has 15 heteroatoms. The molecule has 0 aromatic rings. The van der Waals surface area contributed by atoms with Gasteiger partial charge in [-0.3, -0.25) is 24.2 Å². The maximum Gasteiger partial charge on any atom is 0.326 e. The van der Waals surface area contributed by atoms with Gasteiger partial charge in [-0.1, -0.05) is 0 Å². The van der Waals surface area contributed by atoms with Gasteiger partial charge in [0.25, 0.3) is 0 Å². The van der Waals surface area contributed by atoms with Gasteiger partial charge < -0.3 is 49.7 Å². The van der Waals surface area contributed by atoms with Gasteiger partial charge in [0.2, 0.25) is 23.6 Å². The van der Waals surface area contributed by atoms with Crippen LogP contribution >= 0.6 is 0 Å². The van der Waals surface area contributed by atoms with Crippen LogP contribution in [-0.4, -0.2) is 77.9 Å². The van der Waals surface area contributed by atoms with E-state index < -0.39 is 53.8 Å². The van der Waals surface area contributed by atoms with Crippen LogP contribution in [0, 0.1) is 0 Å². The number of nitrogens with one attached hydrogen (secondary N) is 3. The Labute approximate surface area is 204 Å². The second kappa shape index (κ2) is 17.0. The van der Waals surface area contributed by atoms with Crippen LogP contribution in [-0.2, 0) is 24.0 Å². The van der Waals surface area contributed by atoms with Crippen LogP contribution in [0.1, 0.15) is 51.9 Å². The molecule has 35 heavy (non-hydrogen) atoms. The number of unbranched alkanes of at least 4 members (excludes halogenated alkanes) is 1. The fraction of sp³-hybridized carbons (Fsp3) is 0.700. The summed E-state index contributed by atoms with van der Waals surface area (Å²) in [5.74, 6) is -4.04. The van der Waals surface area contributed by atoms with Gasteiger partial charge in [0.05, 0.1) is 6.04 Å². The summed E-state index contributed by atoms with van der Waals surface area (Å²) in [7, 11) is 0. The summed E-state index contributed by atoms with van der Waals surface area (Å²) < 4.78 is 0. The fourth-order valence-electron chi connectivity index (χ4n) is 2.91. The predicted molar refractivity (Wildman–Crippen MR) is 128 cm³/mol. The summed E-state index contributed by atoms with van der Waals surface area (Å²) in [6.45, 7) is 1.96. The number of amides is 4. The lowest BCUT2D eigenvalue weighted by molar-refractivity contribution is -0.142. The van der Waals surface area contributed by atoms with Crippen molar-refractivity contribution in [1.82, 2.24) is 16.0 Å². The van der Waals surface area contributed by atoms with Crippen molar-refractivity contribution in [2.75, 3.05) is 13.1 Å².